The number of anilines is 2. The zero-order chi connectivity index (χ0) is 17.1. The van der Waals surface area contributed by atoms with Crippen LogP contribution >= 0.6 is 0 Å². The lowest BCUT2D eigenvalue weighted by Gasteiger charge is -2.32. The molecule has 0 saturated carbocycles. The number of aromatic nitrogens is 2. The van der Waals surface area contributed by atoms with Gasteiger partial charge in [-0.2, -0.15) is 0 Å². The molecule has 0 bridgehead atoms. The molecule has 1 saturated heterocycles. The van der Waals surface area contributed by atoms with Crippen molar-refractivity contribution in [2.75, 3.05) is 17.2 Å². The summed E-state index contributed by atoms with van der Waals surface area (Å²) in [7, 11) is 0. The number of benzene rings is 1. The summed E-state index contributed by atoms with van der Waals surface area (Å²) in [5.41, 5.74) is 5.79. The Bertz CT molecular complexity index is 783. The Hall–Kier alpha value is -3.03. The monoisotopic (exact) mass is 329 g/mol. The highest BCUT2D eigenvalue weighted by molar-refractivity contribution is 6.03. The number of nitrogen functional groups attached to an aromatic ring is 1. The molecule has 3 N–H and O–H groups in total. The molecular weight excluding hydrogens is 313 g/mol. The zero-order valence-corrected chi connectivity index (χ0v) is 12.8. The topological polar surface area (TPSA) is 101 Å². The van der Waals surface area contributed by atoms with Gasteiger partial charge in [0.05, 0.1) is 5.69 Å². The van der Waals surface area contributed by atoms with Crippen LogP contribution < -0.4 is 16.0 Å². The van der Waals surface area contributed by atoms with Crippen molar-refractivity contribution in [3.63, 3.8) is 0 Å². The molecule has 1 fully saturated rings. The minimum Gasteiger partial charge on any atom is -0.382 e. The van der Waals surface area contributed by atoms with E-state index in [9.17, 15) is 14.0 Å². The number of carbonyl (C=O) groups excluding carboxylic acids is 2. The molecule has 1 aliphatic heterocycles. The van der Waals surface area contributed by atoms with E-state index in [1.165, 1.54) is 29.4 Å². The summed E-state index contributed by atoms with van der Waals surface area (Å²) in [4.78, 5) is 33.9. The molecule has 2 aromatic rings. The number of rotatable bonds is 3. The lowest BCUT2D eigenvalue weighted by Crippen LogP contribution is -2.52. The first-order valence-electron chi connectivity index (χ1n) is 7.51. The standard InChI is InChI=1S/C16H16FN5O2/c17-10-4-1-2-6-12(10)22-9-3-5-11(16(22)24)21-15(23)13-14(18)20-8-7-19-13/h1-2,4,6-8,11H,3,5,9H2,(H2,18,20)(H,21,23)/t11-/m1/s1. The van der Waals surface area contributed by atoms with Crippen LogP contribution in [-0.4, -0.2) is 34.4 Å². The van der Waals surface area contributed by atoms with Gasteiger partial charge in [0.1, 0.15) is 11.9 Å². The van der Waals surface area contributed by atoms with Gasteiger partial charge < -0.3 is 16.0 Å². The molecule has 3 rings (SSSR count). The number of hydrogen-bond acceptors (Lipinski definition) is 5. The van der Waals surface area contributed by atoms with Gasteiger partial charge in [0.15, 0.2) is 11.5 Å². The van der Waals surface area contributed by atoms with Gasteiger partial charge in [-0.05, 0) is 25.0 Å². The second-order valence-corrected chi connectivity index (χ2v) is 5.40. The van der Waals surface area contributed by atoms with Gasteiger partial charge in [0.2, 0.25) is 5.91 Å². The number of piperidine rings is 1. The Morgan fingerprint density at radius 3 is 2.79 bits per heavy atom. The summed E-state index contributed by atoms with van der Waals surface area (Å²) < 4.78 is 13.9. The number of amides is 2. The van der Waals surface area contributed by atoms with E-state index in [4.69, 9.17) is 5.73 Å². The van der Waals surface area contributed by atoms with Gasteiger partial charge in [-0.15, -0.1) is 0 Å². The fourth-order valence-corrected chi connectivity index (χ4v) is 2.67. The molecule has 2 amide bonds. The number of halogens is 1. The normalized spacial score (nSPS) is 17.6. The molecule has 0 aliphatic carbocycles. The van der Waals surface area contributed by atoms with Crippen molar-refractivity contribution >= 4 is 23.3 Å². The molecule has 24 heavy (non-hydrogen) atoms. The van der Waals surface area contributed by atoms with Crippen molar-refractivity contribution in [2.45, 2.75) is 18.9 Å². The van der Waals surface area contributed by atoms with Crippen LogP contribution in [0.1, 0.15) is 23.3 Å². The van der Waals surface area contributed by atoms with Crippen molar-refractivity contribution in [2.24, 2.45) is 0 Å². The SMILES string of the molecule is Nc1nccnc1C(=O)N[C@@H]1CCCN(c2ccccc2F)C1=O. The average Bonchev–Trinajstić information content (AvgIpc) is 2.58. The van der Waals surface area contributed by atoms with Crippen LogP contribution in [0.15, 0.2) is 36.7 Å². The van der Waals surface area contributed by atoms with E-state index in [0.717, 1.165) is 0 Å². The number of nitrogens with one attached hydrogen (secondary N) is 1. The number of hydrogen-bond donors (Lipinski definition) is 2. The summed E-state index contributed by atoms with van der Waals surface area (Å²) in [5.74, 6) is -1.42. The van der Waals surface area contributed by atoms with Gasteiger partial charge >= 0.3 is 0 Å². The fourth-order valence-electron chi connectivity index (χ4n) is 2.67. The van der Waals surface area contributed by atoms with Gasteiger partial charge in [-0.3, -0.25) is 9.59 Å². The van der Waals surface area contributed by atoms with Crippen LogP contribution in [0, 0.1) is 5.82 Å². The summed E-state index contributed by atoms with van der Waals surface area (Å²) in [6, 6.07) is 5.30. The Balaban J connectivity index is 1.77. The molecule has 1 aromatic heterocycles. The van der Waals surface area contributed by atoms with Crippen LogP contribution in [0.3, 0.4) is 0 Å². The van der Waals surface area contributed by atoms with E-state index >= 15 is 0 Å². The highest BCUT2D eigenvalue weighted by Gasteiger charge is 2.32. The molecule has 2 heterocycles. The van der Waals surface area contributed by atoms with E-state index < -0.39 is 17.8 Å². The maximum absolute atomic E-state index is 13.9. The highest BCUT2D eigenvalue weighted by Crippen LogP contribution is 2.24. The lowest BCUT2D eigenvalue weighted by molar-refractivity contribution is -0.121. The smallest absolute Gasteiger partial charge is 0.274 e. The molecular formula is C16H16FN5O2. The van der Waals surface area contributed by atoms with E-state index in [2.05, 4.69) is 15.3 Å². The molecule has 1 aliphatic rings. The first kappa shape index (κ1) is 15.9. The van der Waals surface area contributed by atoms with Crippen molar-refractivity contribution in [1.82, 2.24) is 15.3 Å². The Kier molecular flexibility index (Phi) is 4.37. The van der Waals surface area contributed by atoms with E-state index in [1.54, 1.807) is 12.1 Å². The zero-order valence-electron chi connectivity index (χ0n) is 12.8. The molecule has 8 heteroatoms. The highest BCUT2D eigenvalue weighted by atomic mass is 19.1. The van der Waals surface area contributed by atoms with Crippen molar-refractivity contribution in [3.05, 3.63) is 48.2 Å². The molecule has 1 atom stereocenters. The molecule has 124 valence electrons. The summed E-state index contributed by atoms with van der Waals surface area (Å²) in [5, 5.41) is 2.61. The maximum Gasteiger partial charge on any atom is 0.274 e. The second kappa shape index (κ2) is 6.61. The number of carbonyl (C=O) groups is 2. The molecule has 1 aromatic carbocycles. The van der Waals surface area contributed by atoms with Crippen molar-refractivity contribution in [3.8, 4) is 0 Å². The van der Waals surface area contributed by atoms with E-state index in [0.29, 0.717) is 19.4 Å². The van der Waals surface area contributed by atoms with E-state index in [1.807, 2.05) is 0 Å². The Labute approximate surface area is 137 Å². The van der Waals surface area contributed by atoms with Gasteiger partial charge in [-0.25, -0.2) is 14.4 Å². The summed E-state index contributed by atoms with van der Waals surface area (Å²) in [6.45, 7) is 0.402. The Morgan fingerprint density at radius 2 is 2.04 bits per heavy atom. The number of para-hydroxylation sites is 1. The largest absolute Gasteiger partial charge is 0.382 e. The number of nitrogens with two attached hydrogens (primary N) is 1. The minimum absolute atomic E-state index is 0.00998. The molecule has 0 radical (unpaired) electrons. The quantitative estimate of drug-likeness (QED) is 0.879. The fraction of sp³-hybridized carbons (Fsp3) is 0.250. The second-order valence-electron chi connectivity index (χ2n) is 5.40. The predicted octanol–water partition coefficient (Wildman–Crippen LogP) is 1.12. The third kappa shape index (κ3) is 3.03. The average molecular weight is 329 g/mol. The molecule has 0 unspecified atom stereocenters. The van der Waals surface area contributed by atoms with Crippen molar-refractivity contribution in [1.29, 1.82) is 0 Å². The summed E-state index contributed by atoms with van der Waals surface area (Å²) >= 11 is 0. The number of nitrogens with zero attached hydrogens (tertiary/aromatic N) is 3. The van der Waals surface area contributed by atoms with E-state index in [-0.39, 0.29) is 23.1 Å². The van der Waals surface area contributed by atoms with Crippen LogP contribution in [0.5, 0.6) is 0 Å². The summed E-state index contributed by atoms with van der Waals surface area (Å²) in [6.07, 6.45) is 3.83. The first-order chi connectivity index (χ1) is 11.6. The third-order valence-corrected chi connectivity index (χ3v) is 3.83. The third-order valence-electron chi connectivity index (χ3n) is 3.83. The Morgan fingerprint density at radius 1 is 1.29 bits per heavy atom. The molecule has 7 nitrogen and oxygen atoms in total. The first-order valence-corrected chi connectivity index (χ1v) is 7.51. The van der Waals surface area contributed by atoms with Gasteiger partial charge in [-0.1, -0.05) is 12.1 Å². The lowest BCUT2D eigenvalue weighted by atomic mass is 10.0. The van der Waals surface area contributed by atoms with Gasteiger partial charge in [0.25, 0.3) is 5.91 Å². The van der Waals surface area contributed by atoms with Crippen molar-refractivity contribution < 1.29 is 14.0 Å². The van der Waals surface area contributed by atoms with Gasteiger partial charge in [0, 0.05) is 18.9 Å². The predicted molar refractivity (Wildman–Crippen MR) is 85.7 cm³/mol. The van der Waals surface area contributed by atoms with Crippen LogP contribution in [0.25, 0.3) is 0 Å². The maximum atomic E-state index is 13.9. The molecule has 0 spiro atoms. The van der Waals surface area contributed by atoms with Crippen LogP contribution in [-0.2, 0) is 4.79 Å². The minimum atomic E-state index is -0.757. The van der Waals surface area contributed by atoms with Crippen LogP contribution in [0.2, 0.25) is 0 Å². The van der Waals surface area contributed by atoms with Crippen LogP contribution in [0.4, 0.5) is 15.9 Å².